The van der Waals surface area contributed by atoms with Gasteiger partial charge in [0.15, 0.2) is 0 Å². The zero-order valence-electron chi connectivity index (χ0n) is 15.1. The van der Waals surface area contributed by atoms with E-state index in [0.717, 1.165) is 26.1 Å². The molecule has 0 bridgehead atoms. The van der Waals surface area contributed by atoms with Crippen LogP contribution in [0.15, 0.2) is 54.6 Å². The molecule has 3 N–H and O–H groups in total. The highest BCUT2D eigenvalue weighted by molar-refractivity contribution is 5.28. The Labute approximate surface area is 142 Å². The smallest absolute Gasteiger partial charge is 0.0205 e. The number of hydrogen-bond acceptors (Lipinski definition) is 2. The van der Waals surface area contributed by atoms with Crippen molar-refractivity contribution in [2.75, 3.05) is 13.1 Å². The normalized spacial score (nSPS) is 10.8. The maximum absolute atomic E-state index is 5.45. The molecule has 0 aliphatic rings. The van der Waals surface area contributed by atoms with Gasteiger partial charge in [-0.2, -0.15) is 0 Å². The van der Waals surface area contributed by atoms with Gasteiger partial charge in [0.2, 0.25) is 0 Å². The molecule has 0 saturated heterocycles. The SMILES string of the molecule is CC(C)(C)c1cccc(CNCCCN)c1.Cc1ccccc1. The summed E-state index contributed by atoms with van der Waals surface area (Å²) in [5.41, 5.74) is 9.75. The van der Waals surface area contributed by atoms with Crippen LogP contribution in [0, 0.1) is 6.92 Å². The molecule has 0 unspecified atom stereocenters. The van der Waals surface area contributed by atoms with Crippen LogP contribution in [0.2, 0.25) is 0 Å². The quantitative estimate of drug-likeness (QED) is 0.802. The van der Waals surface area contributed by atoms with Crippen molar-refractivity contribution in [3.8, 4) is 0 Å². The number of rotatable bonds is 5. The lowest BCUT2D eigenvalue weighted by atomic mass is 9.86. The molecule has 0 spiro atoms. The monoisotopic (exact) mass is 312 g/mol. The van der Waals surface area contributed by atoms with Gasteiger partial charge < -0.3 is 11.1 Å². The number of aryl methyl sites for hydroxylation is 1. The molecular weight excluding hydrogens is 280 g/mol. The van der Waals surface area contributed by atoms with E-state index in [1.165, 1.54) is 16.7 Å². The summed E-state index contributed by atoms with van der Waals surface area (Å²) in [4.78, 5) is 0. The topological polar surface area (TPSA) is 38.0 Å². The van der Waals surface area contributed by atoms with E-state index in [9.17, 15) is 0 Å². The maximum atomic E-state index is 5.45. The molecule has 0 radical (unpaired) electrons. The summed E-state index contributed by atoms with van der Waals surface area (Å²) >= 11 is 0. The van der Waals surface area contributed by atoms with E-state index in [0.29, 0.717) is 0 Å². The van der Waals surface area contributed by atoms with Crippen LogP contribution in [0.1, 0.15) is 43.9 Å². The van der Waals surface area contributed by atoms with Gasteiger partial charge in [-0.1, -0.05) is 80.9 Å². The fourth-order valence-electron chi connectivity index (χ4n) is 2.14. The van der Waals surface area contributed by atoms with E-state index >= 15 is 0 Å². The summed E-state index contributed by atoms with van der Waals surface area (Å²) in [6.07, 6.45) is 1.04. The van der Waals surface area contributed by atoms with Gasteiger partial charge >= 0.3 is 0 Å². The third-order valence-corrected chi connectivity index (χ3v) is 3.62. The summed E-state index contributed by atoms with van der Waals surface area (Å²) < 4.78 is 0. The van der Waals surface area contributed by atoms with Gasteiger partial charge in [0.25, 0.3) is 0 Å². The first-order valence-corrected chi connectivity index (χ1v) is 8.45. The summed E-state index contributed by atoms with van der Waals surface area (Å²) in [5.74, 6) is 0. The van der Waals surface area contributed by atoms with Gasteiger partial charge in [-0.25, -0.2) is 0 Å². The van der Waals surface area contributed by atoms with Crippen molar-refractivity contribution in [1.29, 1.82) is 0 Å². The fraction of sp³-hybridized carbons (Fsp3) is 0.429. The predicted molar refractivity (Wildman–Crippen MR) is 102 cm³/mol. The van der Waals surface area contributed by atoms with Crippen LogP contribution in [-0.2, 0) is 12.0 Å². The van der Waals surface area contributed by atoms with E-state index < -0.39 is 0 Å². The Balaban J connectivity index is 0.000000313. The van der Waals surface area contributed by atoms with Gasteiger partial charge in [-0.3, -0.25) is 0 Å². The largest absolute Gasteiger partial charge is 0.330 e. The average molecular weight is 313 g/mol. The lowest BCUT2D eigenvalue weighted by molar-refractivity contribution is 0.587. The molecule has 126 valence electrons. The first-order chi connectivity index (χ1) is 10.9. The van der Waals surface area contributed by atoms with Gasteiger partial charge in [-0.05, 0) is 43.0 Å². The van der Waals surface area contributed by atoms with Crippen LogP contribution in [-0.4, -0.2) is 13.1 Å². The molecule has 0 heterocycles. The van der Waals surface area contributed by atoms with Crippen molar-refractivity contribution in [2.45, 2.75) is 46.1 Å². The molecule has 0 atom stereocenters. The van der Waals surface area contributed by atoms with Crippen molar-refractivity contribution >= 4 is 0 Å². The Morgan fingerprint density at radius 1 is 0.957 bits per heavy atom. The van der Waals surface area contributed by atoms with Crippen molar-refractivity contribution in [3.63, 3.8) is 0 Å². The van der Waals surface area contributed by atoms with Crippen LogP contribution in [0.5, 0.6) is 0 Å². The number of benzene rings is 2. The summed E-state index contributed by atoms with van der Waals surface area (Å²) in [5, 5.41) is 3.40. The van der Waals surface area contributed by atoms with E-state index in [2.05, 4.69) is 69.4 Å². The molecule has 0 amide bonds. The van der Waals surface area contributed by atoms with E-state index in [1.54, 1.807) is 0 Å². The molecule has 0 aromatic heterocycles. The molecule has 2 heteroatoms. The van der Waals surface area contributed by atoms with E-state index in [-0.39, 0.29) is 5.41 Å². The molecule has 0 aliphatic heterocycles. The number of nitrogens with two attached hydrogens (primary N) is 1. The minimum atomic E-state index is 0.229. The van der Waals surface area contributed by atoms with Gasteiger partial charge in [0, 0.05) is 6.54 Å². The molecule has 0 saturated carbocycles. The van der Waals surface area contributed by atoms with Crippen molar-refractivity contribution in [1.82, 2.24) is 5.32 Å². The maximum Gasteiger partial charge on any atom is 0.0205 e. The number of hydrogen-bond donors (Lipinski definition) is 2. The average Bonchev–Trinajstić information content (AvgIpc) is 2.52. The van der Waals surface area contributed by atoms with Crippen LogP contribution in [0.25, 0.3) is 0 Å². The second kappa shape index (κ2) is 10.2. The molecular formula is C21H32N2. The van der Waals surface area contributed by atoms with Crippen LogP contribution in [0.4, 0.5) is 0 Å². The third kappa shape index (κ3) is 8.53. The van der Waals surface area contributed by atoms with Crippen molar-refractivity contribution in [3.05, 3.63) is 71.3 Å². The van der Waals surface area contributed by atoms with Gasteiger partial charge in [0.05, 0.1) is 0 Å². The highest BCUT2D eigenvalue weighted by atomic mass is 14.8. The standard InChI is InChI=1S/C14H24N2.C7H8/c1-14(2,3)13-7-4-6-12(10-13)11-16-9-5-8-15;1-7-5-3-2-4-6-7/h4,6-7,10,16H,5,8-9,11,15H2,1-3H3;2-6H,1H3. The van der Waals surface area contributed by atoms with Gasteiger partial charge in [-0.15, -0.1) is 0 Å². The molecule has 0 aliphatic carbocycles. The van der Waals surface area contributed by atoms with Crippen LogP contribution in [0.3, 0.4) is 0 Å². The molecule has 23 heavy (non-hydrogen) atoms. The Bertz CT molecular complexity index is 541. The molecule has 2 rings (SSSR count). The second-order valence-electron chi connectivity index (χ2n) is 6.92. The Morgan fingerprint density at radius 2 is 1.65 bits per heavy atom. The Kier molecular flexibility index (Phi) is 8.60. The Morgan fingerprint density at radius 3 is 2.17 bits per heavy atom. The minimum absolute atomic E-state index is 0.229. The lowest BCUT2D eigenvalue weighted by Gasteiger charge is -2.19. The summed E-state index contributed by atoms with van der Waals surface area (Å²) in [6, 6.07) is 19.1. The predicted octanol–water partition coefficient (Wildman–Crippen LogP) is 4.42. The van der Waals surface area contributed by atoms with Crippen molar-refractivity contribution < 1.29 is 0 Å². The van der Waals surface area contributed by atoms with Crippen molar-refractivity contribution in [2.24, 2.45) is 5.73 Å². The van der Waals surface area contributed by atoms with Gasteiger partial charge in [0.1, 0.15) is 0 Å². The second-order valence-corrected chi connectivity index (χ2v) is 6.92. The highest BCUT2D eigenvalue weighted by Gasteiger charge is 2.13. The summed E-state index contributed by atoms with van der Waals surface area (Å²) in [6.45, 7) is 11.5. The highest BCUT2D eigenvalue weighted by Crippen LogP contribution is 2.22. The minimum Gasteiger partial charge on any atom is -0.330 e. The zero-order chi connectivity index (χ0) is 17.1. The zero-order valence-corrected chi connectivity index (χ0v) is 15.1. The Hall–Kier alpha value is -1.64. The summed E-state index contributed by atoms with van der Waals surface area (Å²) in [7, 11) is 0. The molecule has 0 fully saturated rings. The molecule has 2 aromatic rings. The third-order valence-electron chi connectivity index (χ3n) is 3.62. The van der Waals surface area contributed by atoms with Crippen LogP contribution >= 0.6 is 0 Å². The fourth-order valence-corrected chi connectivity index (χ4v) is 2.14. The number of nitrogens with one attached hydrogen (secondary N) is 1. The lowest BCUT2D eigenvalue weighted by Crippen LogP contribution is -2.18. The molecule has 2 aromatic carbocycles. The van der Waals surface area contributed by atoms with Crippen LogP contribution < -0.4 is 11.1 Å². The first kappa shape index (κ1) is 19.4. The van der Waals surface area contributed by atoms with E-state index in [1.807, 2.05) is 18.2 Å². The first-order valence-electron chi connectivity index (χ1n) is 8.45. The van der Waals surface area contributed by atoms with E-state index in [4.69, 9.17) is 5.73 Å². The molecule has 2 nitrogen and oxygen atoms in total.